The summed E-state index contributed by atoms with van der Waals surface area (Å²) in [5.41, 5.74) is 4.10. The summed E-state index contributed by atoms with van der Waals surface area (Å²) < 4.78 is 0. The Kier molecular flexibility index (Phi) is 3.65. The summed E-state index contributed by atoms with van der Waals surface area (Å²) in [6.45, 7) is 0. The van der Waals surface area contributed by atoms with Crippen LogP contribution in [0.5, 0.6) is 0 Å². The maximum Gasteiger partial charge on any atom is 0.190 e. The molecule has 0 radical (unpaired) electrons. The number of fused-ring (bicyclic) bond motifs is 2. The van der Waals surface area contributed by atoms with Crippen LogP contribution in [-0.4, -0.2) is 10.9 Å². The Morgan fingerprint density at radius 2 is 1.71 bits per heavy atom. The van der Waals surface area contributed by atoms with Crippen LogP contribution in [0.1, 0.15) is 27.0 Å². The van der Waals surface area contributed by atoms with E-state index in [2.05, 4.69) is 0 Å². The largest absolute Gasteiger partial charge is 0.375 e. The first-order valence-electron chi connectivity index (χ1n) is 7.69. The normalized spacial score (nSPS) is 25.8. The van der Waals surface area contributed by atoms with Crippen molar-refractivity contribution in [2.24, 2.45) is 0 Å². The Hall–Kier alpha value is -1.87. The number of Topliss-reactive ketones (excluding diaryl/α,β-unsaturated/α-hetero) is 1. The van der Waals surface area contributed by atoms with E-state index in [9.17, 15) is 9.90 Å². The Labute approximate surface area is 150 Å². The lowest BCUT2D eigenvalue weighted by Crippen LogP contribution is -2.27. The lowest BCUT2D eigenvalue weighted by Gasteiger charge is -2.26. The van der Waals surface area contributed by atoms with Gasteiger partial charge in [-0.05, 0) is 28.7 Å². The minimum absolute atomic E-state index is 0.123. The van der Waals surface area contributed by atoms with Gasteiger partial charge in [-0.15, -0.1) is 0 Å². The maximum atomic E-state index is 12.7. The topological polar surface area (TPSA) is 37.3 Å². The number of allylic oxidation sites excluding steroid dienone is 1. The van der Waals surface area contributed by atoms with E-state index in [-0.39, 0.29) is 10.8 Å². The molecule has 0 fully saturated rings. The van der Waals surface area contributed by atoms with Gasteiger partial charge in [0.2, 0.25) is 0 Å². The van der Waals surface area contributed by atoms with Gasteiger partial charge in [0.25, 0.3) is 0 Å². The molecule has 0 spiro atoms. The number of hydrogen-bond donors (Lipinski definition) is 1. The van der Waals surface area contributed by atoms with Gasteiger partial charge in [-0.1, -0.05) is 71.7 Å². The molecule has 2 nitrogen and oxygen atoms in total. The molecule has 0 aromatic heterocycles. The first kappa shape index (κ1) is 15.6. The van der Waals surface area contributed by atoms with Crippen molar-refractivity contribution in [3.8, 4) is 0 Å². The minimum Gasteiger partial charge on any atom is -0.375 e. The van der Waals surface area contributed by atoms with Crippen molar-refractivity contribution in [1.82, 2.24) is 0 Å². The van der Waals surface area contributed by atoms with Crippen LogP contribution in [0.3, 0.4) is 0 Å². The molecule has 1 atom stereocenters. The summed E-state index contributed by atoms with van der Waals surface area (Å²) in [5.74, 6) is -0.123. The van der Waals surface area contributed by atoms with E-state index in [1.54, 1.807) is 6.07 Å². The molecule has 4 rings (SSSR count). The van der Waals surface area contributed by atoms with Gasteiger partial charge in [-0.25, -0.2) is 0 Å². The molecule has 24 heavy (non-hydrogen) atoms. The summed E-state index contributed by atoms with van der Waals surface area (Å²) in [7, 11) is 0. The van der Waals surface area contributed by atoms with E-state index in [1.807, 2.05) is 42.5 Å². The molecule has 0 bridgehead atoms. The van der Waals surface area contributed by atoms with Crippen LogP contribution >= 0.6 is 23.2 Å². The standard InChI is InChI=1S/C20H14Cl2O2/c21-11-14-9-13-6-2-4-8-17(13)20(14,24)19(22)16-10-12-5-1-3-7-15(12)18(16)23/h1-8,11,24H,9-10H2/b14-11+,19-16+. The van der Waals surface area contributed by atoms with Crippen molar-refractivity contribution in [3.63, 3.8) is 0 Å². The number of carbonyl (C=O) groups excluding carboxylic acids is 1. The molecule has 0 aliphatic heterocycles. The number of halogens is 2. The molecule has 120 valence electrons. The third kappa shape index (κ3) is 2.04. The van der Waals surface area contributed by atoms with Crippen molar-refractivity contribution >= 4 is 29.0 Å². The highest BCUT2D eigenvalue weighted by Gasteiger charge is 2.46. The number of carbonyl (C=O) groups is 1. The monoisotopic (exact) mass is 356 g/mol. The van der Waals surface area contributed by atoms with Gasteiger partial charge in [0, 0.05) is 23.1 Å². The molecule has 1 unspecified atom stereocenters. The summed E-state index contributed by atoms with van der Waals surface area (Å²) in [6.07, 6.45) is 0.939. The summed E-state index contributed by atoms with van der Waals surface area (Å²) >= 11 is 12.6. The molecule has 0 heterocycles. The van der Waals surface area contributed by atoms with Crippen LogP contribution in [0.25, 0.3) is 0 Å². The fourth-order valence-corrected chi connectivity index (χ4v) is 4.25. The average Bonchev–Trinajstić information content (AvgIpc) is 3.11. The van der Waals surface area contributed by atoms with Crippen LogP contribution in [0, 0.1) is 0 Å². The van der Waals surface area contributed by atoms with Crippen molar-refractivity contribution < 1.29 is 9.90 Å². The van der Waals surface area contributed by atoms with E-state index in [0.717, 1.165) is 11.1 Å². The third-order valence-electron chi connectivity index (χ3n) is 4.87. The highest BCUT2D eigenvalue weighted by Crippen LogP contribution is 2.49. The predicted molar refractivity (Wildman–Crippen MR) is 95.3 cm³/mol. The van der Waals surface area contributed by atoms with E-state index in [0.29, 0.717) is 35.1 Å². The fourth-order valence-electron chi connectivity index (χ4n) is 3.64. The lowest BCUT2D eigenvalue weighted by molar-refractivity contribution is 0.102. The molecule has 1 N–H and O–H groups in total. The highest BCUT2D eigenvalue weighted by molar-refractivity contribution is 6.35. The molecular weight excluding hydrogens is 343 g/mol. The zero-order valence-electron chi connectivity index (χ0n) is 12.7. The third-order valence-corrected chi connectivity index (χ3v) is 5.64. The molecule has 4 heteroatoms. The fraction of sp³-hybridized carbons (Fsp3) is 0.150. The molecule has 0 saturated carbocycles. The van der Waals surface area contributed by atoms with Crippen LogP contribution in [0.2, 0.25) is 0 Å². The Bertz CT molecular complexity index is 927. The van der Waals surface area contributed by atoms with E-state index in [4.69, 9.17) is 23.2 Å². The molecule has 0 saturated heterocycles. The predicted octanol–water partition coefficient (Wildman–Crippen LogP) is 4.48. The van der Waals surface area contributed by atoms with Crippen LogP contribution in [-0.2, 0) is 18.4 Å². The first-order valence-corrected chi connectivity index (χ1v) is 8.51. The maximum absolute atomic E-state index is 12.7. The first-order chi connectivity index (χ1) is 11.6. The second kappa shape index (κ2) is 5.59. The smallest absolute Gasteiger partial charge is 0.190 e. The van der Waals surface area contributed by atoms with E-state index < -0.39 is 5.60 Å². The molecule has 2 aromatic rings. The molecule has 2 aliphatic carbocycles. The zero-order valence-corrected chi connectivity index (χ0v) is 14.2. The van der Waals surface area contributed by atoms with Gasteiger partial charge in [-0.3, -0.25) is 4.79 Å². The molecule has 2 aromatic carbocycles. The van der Waals surface area contributed by atoms with Crippen molar-refractivity contribution in [2.45, 2.75) is 18.4 Å². The van der Waals surface area contributed by atoms with Crippen LogP contribution < -0.4 is 0 Å². The van der Waals surface area contributed by atoms with Gasteiger partial charge >= 0.3 is 0 Å². The number of benzene rings is 2. The SMILES string of the molecule is O=C1/C(=C(/Cl)C2(O)/C(=C/Cl)Cc3ccccc32)Cc2ccccc21. The number of ketones is 1. The van der Waals surface area contributed by atoms with Gasteiger partial charge in [-0.2, -0.15) is 0 Å². The quantitative estimate of drug-likeness (QED) is 0.764. The minimum atomic E-state index is -1.53. The second-order valence-electron chi connectivity index (χ2n) is 6.13. The molecule has 0 amide bonds. The van der Waals surface area contributed by atoms with Gasteiger partial charge in [0.1, 0.15) is 5.60 Å². The zero-order chi connectivity index (χ0) is 16.9. The average molecular weight is 357 g/mol. The number of aliphatic hydroxyl groups is 1. The van der Waals surface area contributed by atoms with Crippen molar-refractivity contribution in [2.75, 3.05) is 0 Å². The van der Waals surface area contributed by atoms with E-state index in [1.165, 1.54) is 5.54 Å². The summed E-state index contributed by atoms with van der Waals surface area (Å²) in [5, 5.41) is 11.6. The number of hydrogen-bond acceptors (Lipinski definition) is 2. The van der Waals surface area contributed by atoms with E-state index >= 15 is 0 Å². The van der Waals surface area contributed by atoms with Crippen molar-refractivity contribution in [1.29, 1.82) is 0 Å². The molecule has 2 aliphatic rings. The second-order valence-corrected chi connectivity index (χ2v) is 6.73. The Morgan fingerprint density at radius 3 is 2.42 bits per heavy atom. The Balaban J connectivity index is 1.91. The summed E-state index contributed by atoms with van der Waals surface area (Å²) in [6, 6.07) is 15.0. The highest BCUT2D eigenvalue weighted by atomic mass is 35.5. The van der Waals surface area contributed by atoms with Crippen molar-refractivity contribution in [3.05, 3.63) is 92.5 Å². The van der Waals surface area contributed by atoms with Gasteiger partial charge in [0.15, 0.2) is 5.78 Å². The summed E-state index contributed by atoms with van der Waals surface area (Å²) in [4.78, 5) is 12.7. The van der Waals surface area contributed by atoms with Gasteiger partial charge < -0.3 is 5.11 Å². The van der Waals surface area contributed by atoms with Gasteiger partial charge in [0.05, 0.1) is 5.03 Å². The molecular formula is C20H14Cl2O2. The Morgan fingerprint density at radius 1 is 1.04 bits per heavy atom. The lowest BCUT2D eigenvalue weighted by atomic mass is 9.89. The van der Waals surface area contributed by atoms with Crippen LogP contribution in [0.4, 0.5) is 0 Å². The number of rotatable bonds is 1. The van der Waals surface area contributed by atoms with Crippen LogP contribution in [0.15, 0.2) is 70.2 Å².